The smallest absolute Gasteiger partial charge is 0.0946 e. The van der Waals surface area contributed by atoms with Crippen LogP contribution in [0, 0.1) is 5.41 Å². The van der Waals surface area contributed by atoms with E-state index in [-0.39, 0.29) is 5.41 Å². The summed E-state index contributed by atoms with van der Waals surface area (Å²) in [6.45, 7) is 10.0. The predicted molar refractivity (Wildman–Crippen MR) is 65.3 cm³/mol. The SMILES string of the molecule is CC(C)(C)C(Cn1ccnc1)NC1CNC1. The molecule has 0 spiro atoms. The Balaban J connectivity index is 1.96. The molecule has 1 atom stereocenters. The van der Waals surface area contributed by atoms with Crippen molar-refractivity contribution in [1.29, 1.82) is 0 Å². The van der Waals surface area contributed by atoms with Crippen molar-refractivity contribution in [3.05, 3.63) is 18.7 Å². The zero-order valence-electron chi connectivity index (χ0n) is 10.4. The van der Waals surface area contributed by atoms with E-state index in [4.69, 9.17) is 0 Å². The number of rotatable bonds is 4. The highest BCUT2D eigenvalue weighted by Crippen LogP contribution is 2.21. The van der Waals surface area contributed by atoms with Crippen molar-refractivity contribution in [3.63, 3.8) is 0 Å². The molecule has 1 fully saturated rings. The van der Waals surface area contributed by atoms with E-state index in [1.54, 1.807) is 0 Å². The molecule has 0 aromatic carbocycles. The summed E-state index contributed by atoms with van der Waals surface area (Å²) in [5.41, 5.74) is 0.264. The number of hydrogen-bond acceptors (Lipinski definition) is 3. The molecule has 0 bridgehead atoms. The van der Waals surface area contributed by atoms with Gasteiger partial charge in [-0.15, -0.1) is 0 Å². The summed E-state index contributed by atoms with van der Waals surface area (Å²) in [5, 5.41) is 7.02. The Kier molecular flexibility index (Phi) is 3.30. The first-order valence-electron chi connectivity index (χ1n) is 5.98. The molecule has 4 nitrogen and oxygen atoms in total. The van der Waals surface area contributed by atoms with Gasteiger partial charge in [0.1, 0.15) is 0 Å². The number of hydrogen-bond donors (Lipinski definition) is 2. The molecule has 16 heavy (non-hydrogen) atoms. The number of nitrogens with one attached hydrogen (secondary N) is 2. The van der Waals surface area contributed by atoms with Gasteiger partial charge in [-0.25, -0.2) is 4.98 Å². The van der Waals surface area contributed by atoms with Crippen LogP contribution < -0.4 is 10.6 Å². The van der Waals surface area contributed by atoms with Gasteiger partial charge >= 0.3 is 0 Å². The lowest BCUT2D eigenvalue weighted by Crippen LogP contribution is -2.61. The quantitative estimate of drug-likeness (QED) is 0.794. The molecular formula is C12H22N4. The van der Waals surface area contributed by atoms with E-state index in [0.717, 1.165) is 19.6 Å². The normalized spacial score (nSPS) is 19.4. The van der Waals surface area contributed by atoms with Crippen molar-refractivity contribution in [2.45, 2.75) is 39.4 Å². The van der Waals surface area contributed by atoms with Gasteiger partial charge in [0, 0.05) is 44.1 Å². The molecule has 1 aromatic rings. The summed E-state index contributed by atoms with van der Waals surface area (Å²) in [5.74, 6) is 0. The largest absolute Gasteiger partial charge is 0.336 e. The third kappa shape index (κ3) is 2.83. The van der Waals surface area contributed by atoms with Crippen LogP contribution in [0.4, 0.5) is 0 Å². The van der Waals surface area contributed by atoms with Gasteiger partial charge in [0.05, 0.1) is 6.33 Å². The van der Waals surface area contributed by atoms with Crippen molar-refractivity contribution in [2.75, 3.05) is 13.1 Å². The van der Waals surface area contributed by atoms with E-state index in [9.17, 15) is 0 Å². The van der Waals surface area contributed by atoms with Crippen LogP contribution in [0.25, 0.3) is 0 Å². The Labute approximate surface area is 97.4 Å². The van der Waals surface area contributed by atoms with Crippen LogP contribution in [0.1, 0.15) is 20.8 Å². The fourth-order valence-electron chi connectivity index (χ4n) is 1.87. The van der Waals surface area contributed by atoms with Crippen LogP contribution in [0.2, 0.25) is 0 Å². The summed E-state index contributed by atoms with van der Waals surface area (Å²) < 4.78 is 2.15. The minimum absolute atomic E-state index is 0.264. The van der Waals surface area contributed by atoms with Gasteiger partial charge in [-0.3, -0.25) is 0 Å². The first kappa shape index (κ1) is 11.6. The van der Waals surface area contributed by atoms with Gasteiger partial charge in [0.25, 0.3) is 0 Å². The summed E-state index contributed by atoms with van der Waals surface area (Å²) in [6, 6.07) is 1.11. The van der Waals surface area contributed by atoms with Gasteiger partial charge in [0.15, 0.2) is 0 Å². The maximum atomic E-state index is 4.09. The monoisotopic (exact) mass is 222 g/mol. The first-order valence-corrected chi connectivity index (χ1v) is 5.98. The maximum Gasteiger partial charge on any atom is 0.0946 e. The van der Waals surface area contributed by atoms with Crippen LogP contribution in [-0.4, -0.2) is 34.7 Å². The second-order valence-corrected chi connectivity index (χ2v) is 5.70. The Morgan fingerprint density at radius 1 is 1.50 bits per heavy atom. The van der Waals surface area contributed by atoms with Crippen molar-refractivity contribution in [3.8, 4) is 0 Å². The molecule has 2 N–H and O–H groups in total. The van der Waals surface area contributed by atoms with Crippen LogP contribution in [0.5, 0.6) is 0 Å². The lowest BCUT2D eigenvalue weighted by molar-refractivity contribution is 0.199. The lowest BCUT2D eigenvalue weighted by atomic mass is 9.85. The molecule has 0 radical (unpaired) electrons. The van der Waals surface area contributed by atoms with Gasteiger partial charge in [-0.2, -0.15) is 0 Å². The van der Waals surface area contributed by atoms with Crippen LogP contribution in [0.3, 0.4) is 0 Å². The maximum absolute atomic E-state index is 4.09. The Hall–Kier alpha value is -0.870. The lowest BCUT2D eigenvalue weighted by Gasteiger charge is -2.38. The molecule has 2 rings (SSSR count). The predicted octanol–water partition coefficient (Wildman–Crippen LogP) is 0.859. The fourth-order valence-corrected chi connectivity index (χ4v) is 1.87. The molecule has 1 unspecified atom stereocenters. The molecule has 1 aliphatic rings. The van der Waals surface area contributed by atoms with E-state index in [1.165, 1.54) is 0 Å². The zero-order valence-corrected chi connectivity index (χ0v) is 10.4. The average molecular weight is 222 g/mol. The number of nitrogens with zero attached hydrogens (tertiary/aromatic N) is 2. The van der Waals surface area contributed by atoms with E-state index in [0.29, 0.717) is 12.1 Å². The minimum Gasteiger partial charge on any atom is -0.336 e. The van der Waals surface area contributed by atoms with E-state index in [2.05, 4.69) is 41.0 Å². The fraction of sp³-hybridized carbons (Fsp3) is 0.750. The molecule has 1 aliphatic heterocycles. The van der Waals surface area contributed by atoms with Crippen LogP contribution >= 0.6 is 0 Å². The van der Waals surface area contributed by atoms with Crippen LogP contribution in [0.15, 0.2) is 18.7 Å². The van der Waals surface area contributed by atoms with Gasteiger partial charge in [0.2, 0.25) is 0 Å². The first-order chi connectivity index (χ1) is 7.55. The highest BCUT2D eigenvalue weighted by Gasteiger charge is 2.29. The number of aromatic nitrogens is 2. The highest BCUT2D eigenvalue weighted by atomic mass is 15.1. The summed E-state index contributed by atoms with van der Waals surface area (Å²) in [7, 11) is 0. The van der Waals surface area contributed by atoms with Crippen molar-refractivity contribution >= 4 is 0 Å². The van der Waals surface area contributed by atoms with Crippen LogP contribution in [-0.2, 0) is 6.54 Å². The minimum atomic E-state index is 0.264. The van der Waals surface area contributed by atoms with E-state index in [1.807, 2.05) is 18.7 Å². The van der Waals surface area contributed by atoms with Crippen molar-refractivity contribution < 1.29 is 0 Å². The third-order valence-corrected chi connectivity index (χ3v) is 3.22. The Morgan fingerprint density at radius 2 is 2.25 bits per heavy atom. The molecule has 0 saturated carbocycles. The molecule has 4 heteroatoms. The van der Waals surface area contributed by atoms with Gasteiger partial charge in [-0.1, -0.05) is 20.8 Å². The van der Waals surface area contributed by atoms with Gasteiger partial charge in [-0.05, 0) is 5.41 Å². The van der Waals surface area contributed by atoms with Gasteiger partial charge < -0.3 is 15.2 Å². The van der Waals surface area contributed by atoms with E-state index < -0.39 is 0 Å². The molecular weight excluding hydrogens is 200 g/mol. The summed E-state index contributed by atoms with van der Waals surface area (Å²) in [6.07, 6.45) is 5.75. The molecule has 0 aliphatic carbocycles. The average Bonchev–Trinajstić information content (AvgIpc) is 2.59. The molecule has 90 valence electrons. The molecule has 2 heterocycles. The Morgan fingerprint density at radius 3 is 2.69 bits per heavy atom. The molecule has 0 amide bonds. The zero-order chi connectivity index (χ0) is 11.6. The summed E-state index contributed by atoms with van der Waals surface area (Å²) >= 11 is 0. The second-order valence-electron chi connectivity index (χ2n) is 5.70. The topological polar surface area (TPSA) is 41.9 Å². The highest BCUT2D eigenvalue weighted by molar-refractivity contribution is 4.90. The van der Waals surface area contributed by atoms with Crippen molar-refractivity contribution in [1.82, 2.24) is 20.2 Å². The second kappa shape index (κ2) is 4.55. The summed E-state index contributed by atoms with van der Waals surface area (Å²) in [4.78, 5) is 4.09. The Bertz CT molecular complexity index is 308. The standard InChI is InChI=1S/C12H22N4/c1-12(2,3)11(15-10-6-14-7-10)8-16-5-4-13-9-16/h4-5,9-11,14-15H,6-8H2,1-3H3. The molecule has 1 saturated heterocycles. The van der Waals surface area contributed by atoms with Crippen molar-refractivity contribution in [2.24, 2.45) is 5.41 Å². The number of imidazole rings is 1. The van der Waals surface area contributed by atoms with E-state index >= 15 is 0 Å². The molecule has 1 aromatic heterocycles. The third-order valence-electron chi connectivity index (χ3n) is 3.22.